The predicted molar refractivity (Wildman–Crippen MR) is 100 cm³/mol. The molecule has 1 aromatic carbocycles. The second-order valence-electron chi connectivity index (χ2n) is 7.43. The molecule has 1 aliphatic carbocycles. The fraction of sp³-hybridized carbons (Fsp3) is 0.474. The molecule has 2 heterocycles. The highest BCUT2D eigenvalue weighted by molar-refractivity contribution is 7.89. The van der Waals surface area contributed by atoms with Crippen LogP contribution in [0, 0.1) is 6.92 Å². The van der Waals surface area contributed by atoms with Crippen molar-refractivity contribution in [3.05, 3.63) is 47.8 Å². The summed E-state index contributed by atoms with van der Waals surface area (Å²) in [5.74, 6) is -0.0410. The highest BCUT2D eigenvalue weighted by Crippen LogP contribution is 2.28. The number of hydrogen-bond donors (Lipinski definition) is 1. The zero-order valence-corrected chi connectivity index (χ0v) is 16.2. The SMILES string of the molecule is Cc1ccc(S(=O)(=O)N2Cc3ccnn3[C@@H](CC(=O)NC3CCC3)C2)cc1. The Balaban J connectivity index is 1.55. The van der Waals surface area contributed by atoms with E-state index in [9.17, 15) is 13.2 Å². The lowest BCUT2D eigenvalue weighted by Crippen LogP contribution is -2.45. The highest BCUT2D eigenvalue weighted by Gasteiger charge is 2.35. The van der Waals surface area contributed by atoms with Crippen molar-refractivity contribution in [1.82, 2.24) is 19.4 Å². The lowest BCUT2D eigenvalue weighted by atomic mass is 9.93. The molecule has 8 heteroatoms. The summed E-state index contributed by atoms with van der Waals surface area (Å²) in [4.78, 5) is 12.7. The van der Waals surface area contributed by atoms with Crippen molar-refractivity contribution in [1.29, 1.82) is 0 Å². The Labute approximate surface area is 159 Å². The van der Waals surface area contributed by atoms with Crippen molar-refractivity contribution in [3.63, 3.8) is 0 Å². The largest absolute Gasteiger partial charge is 0.353 e. The second kappa shape index (κ2) is 7.09. The molecule has 0 radical (unpaired) electrons. The Morgan fingerprint density at radius 2 is 1.96 bits per heavy atom. The molecule has 1 aliphatic heterocycles. The molecule has 2 aliphatic rings. The monoisotopic (exact) mass is 388 g/mol. The molecule has 0 saturated heterocycles. The summed E-state index contributed by atoms with van der Waals surface area (Å²) in [7, 11) is -3.62. The minimum Gasteiger partial charge on any atom is -0.353 e. The van der Waals surface area contributed by atoms with Crippen molar-refractivity contribution in [2.24, 2.45) is 0 Å². The topological polar surface area (TPSA) is 84.3 Å². The molecule has 7 nitrogen and oxygen atoms in total. The molecule has 1 N–H and O–H groups in total. The minimum atomic E-state index is -3.62. The van der Waals surface area contributed by atoms with E-state index in [1.807, 2.05) is 13.0 Å². The van der Waals surface area contributed by atoms with E-state index in [2.05, 4.69) is 10.4 Å². The Hall–Kier alpha value is -2.19. The summed E-state index contributed by atoms with van der Waals surface area (Å²) in [6.07, 6.45) is 5.09. The van der Waals surface area contributed by atoms with Gasteiger partial charge in [0, 0.05) is 18.8 Å². The first kappa shape index (κ1) is 18.2. The van der Waals surface area contributed by atoms with Crippen molar-refractivity contribution in [3.8, 4) is 0 Å². The number of fused-ring (bicyclic) bond motifs is 1. The first-order valence-electron chi connectivity index (χ1n) is 9.32. The number of hydrogen-bond acceptors (Lipinski definition) is 4. The van der Waals surface area contributed by atoms with Crippen LogP contribution in [-0.4, -0.2) is 41.0 Å². The number of nitrogens with one attached hydrogen (secondary N) is 1. The molecule has 0 bridgehead atoms. The van der Waals surface area contributed by atoms with E-state index in [-0.39, 0.29) is 42.4 Å². The number of aromatic nitrogens is 2. The maximum absolute atomic E-state index is 13.1. The van der Waals surface area contributed by atoms with Crippen molar-refractivity contribution in [2.45, 2.75) is 56.1 Å². The molecule has 4 rings (SSSR count). The average molecular weight is 388 g/mol. The summed E-state index contributed by atoms with van der Waals surface area (Å²) < 4.78 is 29.4. The van der Waals surface area contributed by atoms with Gasteiger partial charge in [-0.1, -0.05) is 17.7 Å². The first-order valence-corrected chi connectivity index (χ1v) is 10.8. The number of aryl methyl sites for hydroxylation is 1. The Kier molecular flexibility index (Phi) is 4.77. The van der Waals surface area contributed by atoms with Crippen LogP contribution in [0.15, 0.2) is 41.4 Å². The van der Waals surface area contributed by atoms with Crippen LogP contribution in [0.5, 0.6) is 0 Å². The third kappa shape index (κ3) is 3.64. The first-order chi connectivity index (χ1) is 12.9. The normalized spacial score (nSPS) is 20.7. The van der Waals surface area contributed by atoms with Crippen LogP contribution in [0.4, 0.5) is 0 Å². The zero-order valence-electron chi connectivity index (χ0n) is 15.3. The fourth-order valence-electron chi connectivity index (χ4n) is 3.60. The Bertz CT molecular complexity index is 932. The molecule has 1 saturated carbocycles. The third-order valence-electron chi connectivity index (χ3n) is 5.40. The quantitative estimate of drug-likeness (QED) is 0.849. The number of carbonyl (C=O) groups excluding carboxylic acids is 1. The van der Waals surface area contributed by atoms with E-state index in [1.165, 1.54) is 4.31 Å². The predicted octanol–water partition coefficient (Wildman–Crippen LogP) is 2.00. The number of benzene rings is 1. The lowest BCUT2D eigenvalue weighted by Gasteiger charge is -2.33. The number of nitrogens with zero attached hydrogens (tertiary/aromatic N) is 3. The van der Waals surface area contributed by atoms with Crippen LogP contribution >= 0.6 is 0 Å². The van der Waals surface area contributed by atoms with Crippen LogP contribution in [0.2, 0.25) is 0 Å². The molecule has 0 unspecified atom stereocenters. The lowest BCUT2D eigenvalue weighted by molar-refractivity contribution is -0.123. The van der Waals surface area contributed by atoms with Gasteiger partial charge >= 0.3 is 0 Å². The Morgan fingerprint density at radius 1 is 1.22 bits per heavy atom. The van der Waals surface area contributed by atoms with Crippen molar-refractivity contribution < 1.29 is 13.2 Å². The number of rotatable bonds is 5. The maximum Gasteiger partial charge on any atom is 0.243 e. The van der Waals surface area contributed by atoms with Gasteiger partial charge in [-0.05, 0) is 44.4 Å². The standard InChI is InChI=1S/C19H24N4O3S/c1-14-5-7-18(8-6-14)27(25,26)22-12-16-9-10-20-23(16)17(13-22)11-19(24)21-15-3-2-4-15/h5-10,15,17H,2-4,11-13H2,1H3,(H,21,24)/t17-/m0/s1. The molecule has 1 fully saturated rings. The van der Waals surface area contributed by atoms with Gasteiger partial charge in [0.25, 0.3) is 0 Å². The minimum absolute atomic E-state index is 0.0410. The van der Waals surface area contributed by atoms with Gasteiger partial charge in [0.05, 0.1) is 29.6 Å². The summed E-state index contributed by atoms with van der Waals surface area (Å²) in [5.41, 5.74) is 1.81. The van der Waals surface area contributed by atoms with E-state index in [1.54, 1.807) is 35.1 Å². The third-order valence-corrected chi connectivity index (χ3v) is 7.23. The van der Waals surface area contributed by atoms with E-state index >= 15 is 0 Å². The van der Waals surface area contributed by atoms with Gasteiger partial charge in [0.15, 0.2) is 0 Å². The molecule has 0 spiro atoms. The second-order valence-corrected chi connectivity index (χ2v) is 9.37. The van der Waals surface area contributed by atoms with E-state index in [0.717, 1.165) is 30.5 Å². The van der Waals surface area contributed by atoms with Gasteiger partial charge < -0.3 is 5.32 Å². The zero-order chi connectivity index (χ0) is 19.0. The van der Waals surface area contributed by atoms with E-state index < -0.39 is 10.0 Å². The summed E-state index contributed by atoms with van der Waals surface area (Å²) in [6.45, 7) is 2.42. The molecular weight excluding hydrogens is 364 g/mol. The molecule has 1 aromatic heterocycles. The van der Waals surface area contributed by atoms with E-state index in [0.29, 0.717) is 0 Å². The van der Waals surface area contributed by atoms with Gasteiger partial charge in [0.2, 0.25) is 15.9 Å². The molecule has 1 atom stereocenters. The summed E-state index contributed by atoms with van der Waals surface area (Å²) in [5, 5.41) is 7.35. The summed E-state index contributed by atoms with van der Waals surface area (Å²) >= 11 is 0. The van der Waals surface area contributed by atoms with Crippen LogP contribution in [0.1, 0.15) is 43.0 Å². The van der Waals surface area contributed by atoms with Gasteiger partial charge in [-0.2, -0.15) is 9.40 Å². The van der Waals surface area contributed by atoms with Gasteiger partial charge in [-0.25, -0.2) is 8.42 Å². The maximum atomic E-state index is 13.1. The smallest absolute Gasteiger partial charge is 0.243 e. The van der Waals surface area contributed by atoms with Crippen LogP contribution in [0.25, 0.3) is 0 Å². The number of amides is 1. The molecular formula is C19H24N4O3S. The fourth-order valence-corrected chi connectivity index (χ4v) is 5.05. The number of carbonyl (C=O) groups is 1. The van der Waals surface area contributed by atoms with Gasteiger partial charge in [-0.15, -0.1) is 0 Å². The number of sulfonamides is 1. The molecule has 144 valence electrons. The molecule has 1 amide bonds. The van der Waals surface area contributed by atoms with Crippen LogP contribution in [0.3, 0.4) is 0 Å². The molecule has 27 heavy (non-hydrogen) atoms. The molecule has 2 aromatic rings. The van der Waals surface area contributed by atoms with Crippen LogP contribution < -0.4 is 5.32 Å². The van der Waals surface area contributed by atoms with Gasteiger partial charge in [0.1, 0.15) is 0 Å². The van der Waals surface area contributed by atoms with Crippen molar-refractivity contribution in [2.75, 3.05) is 6.54 Å². The van der Waals surface area contributed by atoms with Crippen LogP contribution in [-0.2, 0) is 21.4 Å². The van der Waals surface area contributed by atoms with E-state index in [4.69, 9.17) is 0 Å². The average Bonchev–Trinajstić information content (AvgIpc) is 3.07. The Morgan fingerprint density at radius 3 is 2.63 bits per heavy atom. The summed E-state index contributed by atoms with van der Waals surface area (Å²) in [6, 6.07) is 8.64. The van der Waals surface area contributed by atoms with Gasteiger partial charge in [-0.3, -0.25) is 9.48 Å². The highest BCUT2D eigenvalue weighted by atomic mass is 32.2. The van der Waals surface area contributed by atoms with Crippen molar-refractivity contribution >= 4 is 15.9 Å².